The highest BCUT2D eigenvalue weighted by atomic mass is 35.5. The van der Waals surface area contributed by atoms with Crippen molar-refractivity contribution in [2.24, 2.45) is 0 Å². The number of hydrogen-bond donors (Lipinski definition) is 2. The number of anilines is 3. The predicted molar refractivity (Wildman–Crippen MR) is 92.3 cm³/mol. The molecule has 0 atom stereocenters. The molecule has 2 aromatic rings. The molecule has 120 valence electrons. The lowest BCUT2D eigenvalue weighted by atomic mass is 10.2. The Hall–Kier alpha value is -2.60. The predicted octanol–water partition coefficient (Wildman–Crippen LogP) is 3.01. The molecule has 1 aromatic heterocycles. The zero-order valence-electron chi connectivity index (χ0n) is 13.1. The van der Waals surface area contributed by atoms with Crippen molar-refractivity contribution in [3.63, 3.8) is 0 Å². The molecule has 7 heteroatoms. The zero-order valence-corrected chi connectivity index (χ0v) is 13.8. The zero-order chi connectivity index (χ0) is 17.0. The minimum absolute atomic E-state index is 0.192. The van der Waals surface area contributed by atoms with Crippen LogP contribution in [0.15, 0.2) is 36.5 Å². The number of nitrogens with one attached hydrogen (secondary N) is 2. The van der Waals surface area contributed by atoms with Gasteiger partial charge in [-0.3, -0.25) is 14.6 Å². The van der Waals surface area contributed by atoms with E-state index in [4.69, 9.17) is 11.6 Å². The van der Waals surface area contributed by atoms with Gasteiger partial charge in [-0.1, -0.05) is 11.6 Å². The number of amides is 2. The molecule has 23 heavy (non-hydrogen) atoms. The average molecular weight is 333 g/mol. The fourth-order valence-corrected chi connectivity index (χ4v) is 2.13. The number of aromatic nitrogens is 1. The molecule has 2 rings (SSSR count). The van der Waals surface area contributed by atoms with Gasteiger partial charge >= 0.3 is 0 Å². The maximum absolute atomic E-state index is 12.3. The SMILES string of the molecule is CC(=O)Nc1ccc(NC(=O)c2cc(N(C)C)ccn2)c(Cl)c1. The van der Waals surface area contributed by atoms with Crippen LogP contribution in [0.1, 0.15) is 17.4 Å². The number of rotatable bonds is 4. The Kier molecular flexibility index (Phi) is 5.18. The normalized spacial score (nSPS) is 10.1. The number of carbonyl (C=O) groups excluding carboxylic acids is 2. The van der Waals surface area contributed by atoms with E-state index in [-0.39, 0.29) is 11.8 Å². The number of carbonyl (C=O) groups is 2. The van der Waals surface area contributed by atoms with Gasteiger partial charge < -0.3 is 15.5 Å². The van der Waals surface area contributed by atoms with Gasteiger partial charge in [0.15, 0.2) is 0 Å². The molecule has 1 aromatic carbocycles. The molecule has 2 amide bonds. The van der Waals surface area contributed by atoms with Crippen molar-refractivity contribution in [1.82, 2.24) is 4.98 Å². The molecular weight excluding hydrogens is 316 g/mol. The molecule has 1 heterocycles. The van der Waals surface area contributed by atoms with Crippen molar-refractivity contribution in [3.8, 4) is 0 Å². The minimum atomic E-state index is -0.358. The van der Waals surface area contributed by atoms with Crippen LogP contribution < -0.4 is 15.5 Å². The van der Waals surface area contributed by atoms with E-state index in [9.17, 15) is 9.59 Å². The summed E-state index contributed by atoms with van der Waals surface area (Å²) >= 11 is 6.13. The largest absolute Gasteiger partial charge is 0.378 e. The lowest BCUT2D eigenvalue weighted by molar-refractivity contribution is -0.114. The molecule has 0 saturated heterocycles. The Labute approximate surface area is 139 Å². The summed E-state index contributed by atoms with van der Waals surface area (Å²) in [6.45, 7) is 1.41. The second-order valence-electron chi connectivity index (χ2n) is 5.12. The fourth-order valence-electron chi connectivity index (χ4n) is 1.91. The molecule has 0 aliphatic carbocycles. The summed E-state index contributed by atoms with van der Waals surface area (Å²) in [4.78, 5) is 29.3. The molecule has 0 saturated carbocycles. The summed E-state index contributed by atoms with van der Waals surface area (Å²) in [5.74, 6) is -0.551. The number of hydrogen-bond acceptors (Lipinski definition) is 4. The van der Waals surface area contributed by atoms with Gasteiger partial charge in [0.2, 0.25) is 5.91 Å². The summed E-state index contributed by atoms with van der Waals surface area (Å²) in [7, 11) is 3.77. The second-order valence-corrected chi connectivity index (χ2v) is 5.53. The van der Waals surface area contributed by atoms with Gasteiger partial charge in [0.05, 0.1) is 10.7 Å². The highest BCUT2D eigenvalue weighted by molar-refractivity contribution is 6.34. The number of nitrogens with zero attached hydrogens (tertiary/aromatic N) is 2. The summed E-state index contributed by atoms with van der Waals surface area (Å²) in [5.41, 5.74) is 2.17. The van der Waals surface area contributed by atoms with E-state index in [1.54, 1.807) is 30.5 Å². The van der Waals surface area contributed by atoms with Crippen molar-refractivity contribution < 1.29 is 9.59 Å². The third-order valence-corrected chi connectivity index (χ3v) is 3.34. The van der Waals surface area contributed by atoms with Gasteiger partial charge in [-0.15, -0.1) is 0 Å². The first-order chi connectivity index (χ1) is 10.9. The molecular formula is C16H17ClN4O2. The maximum atomic E-state index is 12.3. The highest BCUT2D eigenvalue weighted by Crippen LogP contribution is 2.26. The quantitative estimate of drug-likeness (QED) is 0.902. The Balaban J connectivity index is 2.17. The fraction of sp³-hybridized carbons (Fsp3) is 0.188. The molecule has 2 N–H and O–H groups in total. The van der Waals surface area contributed by atoms with Gasteiger partial charge in [0.1, 0.15) is 5.69 Å². The Morgan fingerprint density at radius 3 is 2.48 bits per heavy atom. The van der Waals surface area contributed by atoms with Crippen molar-refractivity contribution in [3.05, 3.63) is 47.2 Å². The monoisotopic (exact) mass is 332 g/mol. The van der Waals surface area contributed by atoms with Crippen molar-refractivity contribution in [1.29, 1.82) is 0 Å². The number of benzene rings is 1. The van der Waals surface area contributed by atoms with E-state index in [2.05, 4.69) is 15.6 Å². The summed E-state index contributed by atoms with van der Waals surface area (Å²) < 4.78 is 0. The van der Waals surface area contributed by atoms with Crippen molar-refractivity contribution >= 4 is 40.5 Å². The van der Waals surface area contributed by atoms with Crippen LogP contribution in [-0.4, -0.2) is 30.9 Å². The average Bonchev–Trinajstić information content (AvgIpc) is 2.49. The maximum Gasteiger partial charge on any atom is 0.274 e. The number of pyridine rings is 1. The molecule has 0 fully saturated rings. The second kappa shape index (κ2) is 7.11. The molecule has 0 unspecified atom stereocenters. The first-order valence-electron chi connectivity index (χ1n) is 6.88. The van der Waals surface area contributed by atoms with Gasteiger partial charge in [0, 0.05) is 38.6 Å². The van der Waals surface area contributed by atoms with E-state index in [0.717, 1.165) is 5.69 Å². The van der Waals surface area contributed by atoms with E-state index >= 15 is 0 Å². The summed E-state index contributed by atoms with van der Waals surface area (Å²) in [6.07, 6.45) is 1.58. The molecule has 0 aliphatic rings. The van der Waals surface area contributed by atoms with Gasteiger partial charge in [-0.2, -0.15) is 0 Å². The Bertz CT molecular complexity index is 747. The van der Waals surface area contributed by atoms with Crippen LogP contribution in [0.3, 0.4) is 0 Å². The Morgan fingerprint density at radius 2 is 1.87 bits per heavy atom. The van der Waals surface area contributed by atoms with Gasteiger partial charge in [-0.05, 0) is 30.3 Å². The minimum Gasteiger partial charge on any atom is -0.378 e. The first kappa shape index (κ1) is 16.8. The molecule has 0 bridgehead atoms. The lowest BCUT2D eigenvalue weighted by Gasteiger charge is -2.13. The van der Waals surface area contributed by atoms with E-state index in [1.807, 2.05) is 25.1 Å². The van der Waals surface area contributed by atoms with E-state index in [1.165, 1.54) is 6.92 Å². The van der Waals surface area contributed by atoms with Crippen LogP contribution in [-0.2, 0) is 4.79 Å². The highest BCUT2D eigenvalue weighted by Gasteiger charge is 2.11. The molecule has 0 spiro atoms. The smallest absolute Gasteiger partial charge is 0.274 e. The summed E-state index contributed by atoms with van der Waals surface area (Å²) in [6, 6.07) is 8.36. The summed E-state index contributed by atoms with van der Waals surface area (Å²) in [5, 5.41) is 5.66. The first-order valence-corrected chi connectivity index (χ1v) is 7.26. The number of halogens is 1. The molecule has 6 nitrogen and oxygen atoms in total. The van der Waals surface area contributed by atoms with Crippen molar-refractivity contribution in [2.45, 2.75) is 6.92 Å². The third kappa shape index (κ3) is 4.43. The van der Waals surface area contributed by atoms with Crippen LogP contribution in [0.5, 0.6) is 0 Å². The van der Waals surface area contributed by atoms with E-state index < -0.39 is 0 Å². The molecule has 0 aliphatic heterocycles. The van der Waals surface area contributed by atoms with Crippen molar-refractivity contribution in [2.75, 3.05) is 29.6 Å². The van der Waals surface area contributed by atoms with Gasteiger partial charge in [0.25, 0.3) is 5.91 Å². The van der Waals surface area contributed by atoms with Crippen LogP contribution in [0.2, 0.25) is 5.02 Å². The van der Waals surface area contributed by atoms with Crippen LogP contribution in [0.25, 0.3) is 0 Å². The standard InChI is InChI=1S/C16H17ClN4O2/c1-10(22)19-11-4-5-14(13(17)8-11)20-16(23)15-9-12(21(2)3)6-7-18-15/h4-9H,1-3H3,(H,19,22)(H,20,23). The Morgan fingerprint density at radius 1 is 1.13 bits per heavy atom. The van der Waals surface area contributed by atoms with E-state index in [0.29, 0.717) is 22.1 Å². The topological polar surface area (TPSA) is 74.3 Å². The van der Waals surface area contributed by atoms with Gasteiger partial charge in [-0.25, -0.2) is 0 Å². The van der Waals surface area contributed by atoms with Crippen LogP contribution in [0, 0.1) is 0 Å². The molecule has 0 radical (unpaired) electrons. The van der Waals surface area contributed by atoms with Crippen LogP contribution >= 0.6 is 11.6 Å². The van der Waals surface area contributed by atoms with Crippen LogP contribution in [0.4, 0.5) is 17.1 Å². The lowest BCUT2D eigenvalue weighted by Crippen LogP contribution is -2.16. The third-order valence-electron chi connectivity index (χ3n) is 3.03.